The summed E-state index contributed by atoms with van der Waals surface area (Å²) in [6.45, 7) is 9.14. The second-order valence-electron chi connectivity index (χ2n) is 7.85. The summed E-state index contributed by atoms with van der Waals surface area (Å²) in [6, 6.07) is 2.03. The van der Waals surface area contributed by atoms with Crippen molar-refractivity contribution in [1.82, 2.24) is 14.9 Å². The fraction of sp³-hybridized carbons (Fsp3) is 0.750. The second kappa shape index (κ2) is 9.19. The van der Waals surface area contributed by atoms with Gasteiger partial charge in [0.05, 0.1) is 0 Å². The highest BCUT2D eigenvalue weighted by Gasteiger charge is 2.24. The van der Waals surface area contributed by atoms with Crippen LogP contribution in [0.3, 0.4) is 0 Å². The van der Waals surface area contributed by atoms with Crippen molar-refractivity contribution in [2.24, 2.45) is 11.8 Å². The van der Waals surface area contributed by atoms with Crippen LogP contribution in [0.15, 0.2) is 12.4 Å². The van der Waals surface area contributed by atoms with Gasteiger partial charge >= 0.3 is 0 Å². The van der Waals surface area contributed by atoms with Crippen LogP contribution in [-0.4, -0.2) is 53.5 Å². The maximum atomic E-state index is 12.5. The third kappa shape index (κ3) is 5.08. The van der Waals surface area contributed by atoms with Crippen LogP contribution in [0, 0.1) is 11.8 Å². The highest BCUT2D eigenvalue weighted by Crippen LogP contribution is 2.26. The molecular weight excluding hydrogens is 326 g/mol. The predicted octanol–water partition coefficient (Wildman–Crippen LogP) is 3.16. The predicted molar refractivity (Wildman–Crippen MR) is 105 cm³/mol. The standard InChI is InChI=1S/C20H33N5O/c1-3-21-18-13-19(23-15-22-18)25-10-4-5-17(14-25)6-7-20(26)24-11-8-16(2)9-12-24/h13,15-17H,3-12,14H2,1-2H3,(H,21,22,23)/t17-/m0/s1. The maximum Gasteiger partial charge on any atom is 0.222 e. The molecule has 0 spiro atoms. The monoisotopic (exact) mass is 359 g/mol. The molecule has 2 aliphatic rings. The van der Waals surface area contributed by atoms with E-state index in [1.807, 2.05) is 6.07 Å². The summed E-state index contributed by atoms with van der Waals surface area (Å²) in [5.74, 6) is 3.58. The summed E-state index contributed by atoms with van der Waals surface area (Å²) in [4.78, 5) is 25.6. The number of amides is 1. The molecule has 0 aromatic carbocycles. The minimum absolute atomic E-state index is 0.352. The zero-order valence-corrected chi connectivity index (χ0v) is 16.3. The van der Waals surface area contributed by atoms with E-state index in [-0.39, 0.29) is 0 Å². The Labute approximate surface area is 157 Å². The van der Waals surface area contributed by atoms with E-state index in [4.69, 9.17) is 0 Å². The highest BCUT2D eigenvalue weighted by atomic mass is 16.2. The summed E-state index contributed by atoms with van der Waals surface area (Å²) in [5.41, 5.74) is 0. The lowest BCUT2D eigenvalue weighted by atomic mass is 9.92. The average Bonchev–Trinajstić information content (AvgIpc) is 2.67. The molecule has 2 fully saturated rings. The number of aromatic nitrogens is 2. The number of nitrogens with zero attached hydrogens (tertiary/aromatic N) is 4. The first-order chi connectivity index (χ1) is 12.7. The smallest absolute Gasteiger partial charge is 0.222 e. The van der Waals surface area contributed by atoms with Crippen molar-refractivity contribution in [2.45, 2.75) is 52.4 Å². The van der Waals surface area contributed by atoms with Gasteiger partial charge in [-0.2, -0.15) is 0 Å². The Morgan fingerprint density at radius 3 is 2.81 bits per heavy atom. The Bertz CT molecular complexity index is 585. The van der Waals surface area contributed by atoms with Gasteiger partial charge in [-0.05, 0) is 50.9 Å². The lowest BCUT2D eigenvalue weighted by Gasteiger charge is -2.34. The third-order valence-electron chi connectivity index (χ3n) is 5.76. The van der Waals surface area contributed by atoms with Crippen molar-refractivity contribution in [3.05, 3.63) is 12.4 Å². The van der Waals surface area contributed by atoms with Gasteiger partial charge in [0, 0.05) is 45.2 Å². The molecule has 1 amide bonds. The summed E-state index contributed by atoms with van der Waals surface area (Å²) in [6.07, 6.45) is 8.02. The van der Waals surface area contributed by atoms with Crippen LogP contribution < -0.4 is 10.2 Å². The second-order valence-corrected chi connectivity index (χ2v) is 7.85. The number of anilines is 2. The molecule has 144 valence electrons. The van der Waals surface area contributed by atoms with E-state index in [0.29, 0.717) is 18.2 Å². The van der Waals surface area contributed by atoms with Crippen molar-refractivity contribution in [3.8, 4) is 0 Å². The molecule has 6 nitrogen and oxygen atoms in total. The van der Waals surface area contributed by atoms with Crippen LogP contribution in [0.25, 0.3) is 0 Å². The largest absolute Gasteiger partial charge is 0.370 e. The van der Waals surface area contributed by atoms with Gasteiger partial charge in [0.2, 0.25) is 5.91 Å². The van der Waals surface area contributed by atoms with E-state index < -0.39 is 0 Å². The van der Waals surface area contributed by atoms with Gasteiger partial charge in [0.15, 0.2) is 0 Å². The maximum absolute atomic E-state index is 12.5. The van der Waals surface area contributed by atoms with Gasteiger partial charge in [-0.1, -0.05) is 6.92 Å². The number of rotatable bonds is 6. The minimum Gasteiger partial charge on any atom is -0.370 e. The number of carbonyl (C=O) groups is 1. The first kappa shape index (κ1) is 18.9. The summed E-state index contributed by atoms with van der Waals surface area (Å²) >= 11 is 0. The van der Waals surface area contributed by atoms with Crippen molar-refractivity contribution in [2.75, 3.05) is 42.9 Å². The molecule has 26 heavy (non-hydrogen) atoms. The van der Waals surface area contributed by atoms with Crippen molar-refractivity contribution < 1.29 is 4.79 Å². The average molecular weight is 360 g/mol. The molecule has 0 bridgehead atoms. The van der Waals surface area contributed by atoms with E-state index in [2.05, 4.69) is 38.9 Å². The van der Waals surface area contributed by atoms with Crippen LogP contribution in [0.4, 0.5) is 11.6 Å². The molecular formula is C20H33N5O. The molecule has 2 saturated heterocycles. The van der Waals surface area contributed by atoms with Gasteiger partial charge in [-0.25, -0.2) is 9.97 Å². The molecule has 3 heterocycles. The normalized spacial score (nSPS) is 21.7. The van der Waals surface area contributed by atoms with Crippen LogP contribution >= 0.6 is 0 Å². The van der Waals surface area contributed by atoms with Gasteiger partial charge in [-0.15, -0.1) is 0 Å². The summed E-state index contributed by atoms with van der Waals surface area (Å²) in [5, 5.41) is 3.25. The number of piperidine rings is 2. The Morgan fingerprint density at radius 1 is 1.23 bits per heavy atom. The quantitative estimate of drug-likeness (QED) is 0.845. The topological polar surface area (TPSA) is 61.4 Å². The van der Waals surface area contributed by atoms with Gasteiger partial charge in [0.1, 0.15) is 18.0 Å². The fourth-order valence-electron chi connectivity index (χ4n) is 4.05. The molecule has 1 aromatic heterocycles. The highest BCUT2D eigenvalue weighted by molar-refractivity contribution is 5.76. The van der Waals surface area contributed by atoms with Crippen LogP contribution in [0.5, 0.6) is 0 Å². The molecule has 0 saturated carbocycles. The molecule has 0 radical (unpaired) electrons. The van der Waals surface area contributed by atoms with Gasteiger partial charge in [-0.3, -0.25) is 4.79 Å². The molecule has 1 N–H and O–H groups in total. The molecule has 3 rings (SSSR count). The van der Waals surface area contributed by atoms with E-state index in [0.717, 1.165) is 69.5 Å². The first-order valence-corrected chi connectivity index (χ1v) is 10.2. The SMILES string of the molecule is CCNc1cc(N2CCC[C@@H](CCC(=O)N3CCC(C)CC3)C2)ncn1. The lowest BCUT2D eigenvalue weighted by Crippen LogP contribution is -2.39. The number of nitrogens with one attached hydrogen (secondary N) is 1. The molecule has 1 atom stereocenters. The number of carbonyl (C=O) groups excluding carboxylic acids is 1. The summed E-state index contributed by atoms with van der Waals surface area (Å²) < 4.78 is 0. The van der Waals surface area contributed by atoms with E-state index >= 15 is 0 Å². The molecule has 0 aliphatic carbocycles. The summed E-state index contributed by atoms with van der Waals surface area (Å²) in [7, 11) is 0. The van der Waals surface area contributed by atoms with E-state index in [1.165, 1.54) is 12.8 Å². The molecule has 0 unspecified atom stereocenters. The fourth-order valence-corrected chi connectivity index (χ4v) is 4.05. The van der Waals surface area contributed by atoms with Gasteiger partial charge in [0.25, 0.3) is 0 Å². The Hall–Kier alpha value is -1.85. The third-order valence-corrected chi connectivity index (χ3v) is 5.76. The van der Waals surface area contributed by atoms with Crippen LogP contribution in [-0.2, 0) is 4.79 Å². The van der Waals surface area contributed by atoms with Crippen LogP contribution in [0.2, 0.25) is 0 Å². The number of likely N-dealkylation sites (tertiary alicyclic amines) is 1. The van der Waals surface area contributed by atoms with Crippen molar-refractivity contribution in [3.63, 3.8) is 0 Å². The first-order valence-electron chi connectivity index (χ1n) is 10.2. The zero-order chi connectivity index (χ0) is 18.4. The molecule has 2 aliphatic heterocycles. The van der Waals surface area contributed by atoms with E-state index in [9.17, 15) is 4.79 Å². The number of hydrogen-bond donors (Lipinski definition) is 1. The zero-order valence-electron chi connectivity index (χ0n) is 16.3. The molecule has 1 aromatic rings. The van der Waals surface area contributed by atoms with Crippen LogP contribution in [0.1, 0.15) is 52.4 Å². The van der Waals surface area contributed by atoms with Crippen molar-refractivity contribution in [1.29, 1.82) is 0 Å². The van der Waals surface area contributed by atoms with Gasteiger partial charge < -0.3 is 15.1 Å². The molecule has 6 heteroatoms. The van der Waals surface area contributed by atoms with E-state index in [1.54, 1.807) is 6.33 Å². The Morgan fingerprint density at radius 2 is 2.04 bits per heavy atom. The lowest BCUT2D eigenvalue weighted by molar-refractivity contribution is -0.132. The Balaban J connectivity index is 1.49. The Kier molecular flexibility index (Phi) is 6.69. The van der Waals surface area contributed by atoms with Crippen molar-refractivity contribution >= 4 is 17.5 Å². The number of hydrogen-bond acceptors (Lipinski definition) is 5. The minimum atomic E-state index is 0.352.